The first-order chi connectivity index (χ1) is 27.9. The highest BCUT2D eigenvalue weighted by Gasteiger charge is 2.51. The van der Waals surface area contributed by atoms with Crippen LogP contribution in [0.3, 0.4) is 0 Å². The summed E-state index contributed by atoms with van der Waals surface area (Å²) >= 11 is 0. The van der Waals surface area contributed by atoms with Crippen molar-refractivity contribution < 1.29 is 63.1 Å². The van der Waals surface area contributed by atoms with Crippen LogP contribution in [0.4, 0.5) is 0 Å². The number of unbranched alkanes of at least 4 members (excludes halogenated alkanes) is 24. The fourth-order valence-electron chi connectivity index (χ4n) is 7.13. The van der Waals surface area contributed by atoms with E-state index in [0.717, 1.165) is 38.5 Å². The molecular formula is C44H83O13P. The average molecular weight is 851 g/mol. The number of phosphoric ester groups is 1. The zero-order chi connectivity index (χ0) is 42.9. The molecule has 0 saturated heterocycles. The molecule has 0 bridgehead atoms. The highest BCUT2D eigenvalue weighted by Crippen LogP contribution is 2.47. The van der Waals surface area contributed by atoms with E-state index in [1.807, 2.05) is 6.08 Å². The fraction of sp³-hybridized carbons (Fsp3) is 0.909. The quantitative estimate of drug-likeness (QED) is 0.0149. The van der Waals surface area contributed by atoms with E-state index in [-0.39, 0.29) is 12.8 Å². The third-order valence-corrected chi connectivity index (χ3v) is 11.9. The number of aliphatic hydroxyl groups is 5. The van der Waals surface area contributed by atoms with E-state index in [1.165, 1.54) is 122 Å². The molecule has 0 aromatic rings. The molecule has 6 N–H and O–H groups in total. The lowest BCUT2D eigenvalue weighted by Gasteiger charge is -2.41. The van der Waals surface area contributed by atoms with Crippen LogP contribution in [0.2, 0.25) is 0 Å². The van der Waals surface area contributed by atoms with Gasteiger partial charge in [0, 0.05) is 12.8 Å². The Hall–Kier alpha value is -1.41. The number of rotatable bonds is 38. The van der Waals surface area contributed by atoms with Crippen LogP contribution in [0.1, 0.15) is 200 Å². The number of hydrogen-bond donors (Lipinski definition) is 6. The molecule has 1 saturated carbocycles. The minimum absolute atomic E-state index is 0.0882. The largest absolute Gasteiger partial charge is 0.472 e. The predicted octanol–water partition coefficient (Wildman–Crippen LogP) is 8.67. The molecule has 0 aromatic carbocycles. The van der Waals surface area contributed by atoms with Crippen LogP contribution in [0.5, 0.6) is 0 Å². The lowest BCUT2D eigenvalue weighted by atomic mass is 9.85. The molecule has 1 aliphatic carbocycles. The van der Waals surface area contributed by atoms with Crippen molar-refractivity contribution in [3.63, 3.8) is 0 Å². The molecule has 6 unspecified atom stereocenters. The van der Waals surface area contributed by atoms with Crippen molar-refractivity contribution in [3.05, 3.63) is 12.2 Å². The van der Waals surface area contributed by atoms with E-state index in [0.29, 0.717) is 12.8 Å². The predicted molar refractivity (Wildman–Crippen MR) is 226 cm³/mol. The van der Waals surface area contributed by atoms with Crippen molar-refractivity contribution in [1.29, 1.82) is 0 Å². The second-order valence-electron chi connectivity index (χ2n) is 16.3. The lowest BCUT2D eigenvalue weighted by molar-refractivity contribution is -0.220. The first-order valence-electron chi connectivity index (χ1n) is 23.0. The normalized spacial score (nSPS) is 22.6. The van der Waals surface area contributed by atoms with Crippen molar-refractivity contribution in [2.75, 3.05) is 13.2 Å². The molecule has 342 valence electrons. The molecule has 0 aromatic heterocycles. The highest BCUT2D eigenvalue weighted by atomic mass is 31.2. The van der Waals surface area contributed by atoms with Crippen molar-refractivity contribution >= 4 is 19.8 Å². The van der Waals surface area contributed by atoms with Gasteiger partial charge in [-0.1, -0.05) is 174 Å². The number of aliphatic hydroxyl groups excluding tert-OH is 5. The van der Waals surface area contributed by atoms with Crippen LogP contribution in [0.25, 0.3) is 0 Å². The van der Waals surface area contributed by atoms with E-state index in [4.69, 9.17) is 18.5 Å². The molecular weight excluding hydrogens is 767 g/mol. The molecule has 8 atom stereocenters. The summed E-state index contributed by atoms with van der Waals surface area (Å²) in [6.07, 6.45) is 22.8. The molecule has 0 radical (unpaired) electrons. The molecule has 1 aliphatic rings. The molecule has 1 rings (SSSR count). The maximum Gasteiger partial charge on any atom is 0.472 e. The van der Waals surface area contributed by atoms with Gasteiger partial charge in [-0.3, -0.25) is 18.6 Å². The molecule has 0 heterocycles. The van der Waals surface area contributed by atoms with Crippen molar-refractivity contribution in [2.24, 2.45) is 0 Å². The number of allylic oxidation sites excluding steroid dienone is 2. The molecule has 1 fully saturated rings. The summed E-state index contributed by atoms with van der Waals surface area (Å²) < 4.78 is 33.5. The Morgan fingerprint density at radius 2 is 0.914 bits per heavy atom. The van der Waals surface area contributed by atoms with Gasteiger partial charge < -0.3 is 39.9 Å². The van der Waals surface area contributed by atoms with E-state index in [1.54, 1.807) is 0 Å². The number of carbonyl (C=O) groups excluding carboxylic acids is 2. The van der Waals surface area contributed by atoms with E-state index in [9.17, 15) is 44.6 Å². The smallest absolute Gasteiger partial charge is 0.462 e. The third kappa shape index (κ3) is 27.4. The number of hydrogen-bond acceptors (Lipinski definition) is 12. The maximum atomic E-state index is 12.8. The van der Waals surface area contributed by atoms with Gasteiger partial charge >= 0.3 is 19.8 Å². The second kappa shape index (κ2) is 35.2. The summed E-state index contributed by atoms with van der Waals surface area (Å²) in [4.78, 5) is 35.6. The SMILES string of the molecule is CCCCCCCCCCCCC/C=C/CCC(=O)OC[C@@H](COP(=O)(O)OC1C(O)C(O)C(O)[C@H](O)C1O)OC(=O)CCCCCCCCCCCCCCCC. The minimum atomic E-state index is -5.12. The van der Waals surface area contributed by atoms with Gasteiger partial charge in [0.2, 0.25) is 0 Å². The van der Waals surface area contributed by atoms with E-state index >= 15 is 0 Å². The Kier molecular flexibility index (Phi) is 33.2. The number of carbonyl (C=O) groups is 2. The van der Waals surface area contributed by atoms with Gasteiger partial charge in [0.05, 0.1) is 6.61 Å². The Morgan fingerprint density at radius 3 is 1.38 bits per heavy atom. The second-order valence-corrected chi connectivity index (χ2v) is 17.7. The van der Waals surface area contributed by atoms with Gasteiger partial charge in [0.1, 0.15) is 43.2 Å². The molecule has 14 heteroatoms. The minimum Gasteiger partial charge on any atom is -0.462 e. The van der Waals surface area contributed by atoms with Crippen LogP contribution in [0.15, 0.2) is 12.2 Å². The Labute approximate surface area is 350 Å². The highest BCUT2D eigenvalue weighted by molar-refractivity contribution is 7.47. The molecule has 0 spiro atoms. The van der Waals surface area contributed by atoms with Crippen LogP contribution in [-0.4, -0.2) is 98.3 Å². The van der Waals surface area contributed by atoms with Gasteiger partial charge in [-0.2, -0.15) is 0 Å². The van der Waals surface area contributed by atoms with E-state index in [2.05, 4.69) is 19.9 Å². The van der Waals surface area contributed by atoms with Crippen LogP contribution >= 0.6 is 7.82 Å². The van der Waals surface area contributed by atoms with Gasteiger partial charge in [0.25, 0.3) is 0 Å². The molecule has 0 amide bonds. The van der Waals surface area contributed by atoms with Crippen molar-refractivity contribution in [2.45, 2.75) is 243 Å². The summed E-state index contributed by atoms with van der Waals surface area (Å²) in [5.74, 6) is -1.15. The third-order valence-electron chi connectivity index (χ3n) is 10.9. The Balaban J connectivity index is 2.47. The topological polar surface area (TPSA) is 210 Å². The van der Waals surface area contributed by atoms with Crippen LogP contribution in [-0.2, 0) is 32.7 Å². The summed E-state index contributed by atoms with van der Waals surface area (Å²) in [5, 5.41) is 50.1. The van der Waals surface area contributed by atoms with Gasteiger partial charge in [-0.05, 0) is 25.7 Å². The number of phosphoric acid groups is 1. The summed E-state index contributed by atoms with van der Waals surface area (Å²) in [7, 11) is -5.12. The zero-order valence-corrected chi connectivity index (χ0v) is 37.0. The summed E-state index contributed by atoms with van der Waals surface area (Å²) in [5.41, 5.74) is 0. The first-order valence-corrected chi connectivity index (χ1v) is 24.5. The lowest BCUT2D eigenvalue weighted by Crippen LogP contribution is -2.64. The maximum absolute atomic E-state index is 12.8. The molecule has 0 aliphatic heterocycles. The van der Waals surface area contributed by atoms with Gasteiger partial charge in [-0.15, -0.1) is 0 Å². The van der Waals surface area contributed by atoms with Gasteiger partial charge in [0.15, 0.2) is 6.10 Å². The molecule has 58 heavy (non-hydrogen) atoms. The first kappa shape index (κ1) is 54.6. The standard InChI is InChI=1S/C44H83O13P/c1-3-5-7-9-11-13-15-17-19-21-22-24-26-28-30-32-37(45)54-34-36(35-55-58(52,53)57-44-42(50)40(48)39(47)41(49)43(44)51)56-38(46)33-31-29-27-25-23-20-18-16-14-12-10-8-6-4-2/h26,28,36,39-44,47-51H,3-25,27,29-35H2,1-2H3,(H,52,53)/b28-26+/t36-,39?,40-,41?,42?,43?,44?/m0/s1. The van der Waals surface area contributed by atoms with Crippen LogP contribution in [0, 0.1) is 0 Å². The van der Waals surface area contributed by atoms with Crippen molar-refractivity contribution in [1.82, 2.24) is 0 Å². The zero-order valence-electron chi connectivity index (χ0n) is 36.1. The Morgan fingerprint density at radius 1 is 0.517 bits per heavy atom. The number of esters is 2. The average Bonchev–Trinajstić information content (AvgIpc) is 3.20. The number of ether oxygens (including phenoxy) is 2. The molecule has 13 nitrogen and oxygen atoms in total. The van der Waals surface area contributed by atoms with E-state index < -0.39 is 75.7 Å². The van der Waals surface area contributed by atoms with Gasteiger partial charge in [-0.25, -0.2) is 4.57 Å². The summed E-state index contributed by atoms with van der Waals surface area (Å²) in [6.45, 7) is 3.27. The summed E-state index contributed by atoms with van der Waals surface area (Å²) in [6, 6.07) is 0. The van der Waals surface area contributed by atoms with Crippen LogP contribution < -0.4 is 0 Å². The monoisotopic (exact) mass is 851 g/mol. The van der Waals surface area contributed by atoms with Crippen molar-refractivity contribution in [3.8, 4) is 0 Å². The Bertz CT molecular complexity index is 1080. The fourth-order valence-corrected chi connectivity index (χ4v) is 8.10.